The van der Waals surface area contributed by atoms with E-state index in [2.05, 4.69) is 52.9 Å². The van der Waals surface area contributed by atoms with Gasteiger partial charge < -0.3 is 9.88 Å². The predicted octanol–water partition coefficient (Wildman–Crippen LogP) is 2.24. The first-order valence-electron chi connectivity index (χ1n) is 7.68. The smallest absolute Gasteiger partial charge is 0.124 e. The Labute approximate surface area is 120 Å². The van der Waals surface area contributed by atoms with Gasteiger partial charge in [-0.15, -0.1) is 0 Å². The van der Waals surface area contributed by atoms with E-state index in [-0.39, 0.29) is 0 Å². The summed E-state index contributed by atoms with van der Waals surface area (Å²) >= 11 is 0. The van der Waals surface area contributed by atoms with Crippen molar-refractivity contribution in [2.24, 2.45) is 0 Å². The fourth-order valence-corrected chi connectivity index (χ4v) is 3.08. The van der Waals surface area contributed by atoms with E-state index in [1.54, 1.807) is 0 Å². The zero-order valence-electron chi connectivity index (χ0n) is 12.5. The van der Waals surface area contributed by atoms with Crippen LogP contribution in [0.1, 0.15) is 26.1 Å². The first-order valence-corrected chi connectivity index (χ1v) is 7.68. The van der Waals surface area contributed by atoms with E-state index in [1.807, 2.05) is 0 Å². The number of hydrogen-bond acceptors (Lipinski definition) is 3. The highest BCUT2D eigenvalue weighted by atomic mass is 15.2. The molecule has 1 aromatic heterocycles. The van der Waals surface area contributed by atoms with Crippen molar-refractivity contribution < 1.29 is 0 Å². The average Bonchev–Trinajstić information content (AvgIpc) is 2.77. The SMILES string of the molecule is CCCn1c(CN2CCN[C@H](C)C2)nc2ccccc21. The van der Waals surface area contributed by atoms with Gasteiger partial charge >= 0.3 is 0 Å². The van der Waals surface area contributed by atoms with Gasteiger partial charge in [-0.25, -0.2) is 4.98 Å². The average molecular weight is 272 g/mol. The summed E-state index contributed by atoms with van der Waals surface area (Å²) in [6.45, 7) is 9.79. The van der Waals surface area contributed by atoms with Crippen molar-refractivity contribution in [1.82, 2.24) is 19.8 Å². The molecule has 0 saturated carbocycles. The normalized spacial score (nSPS) is 20.6. The van der Waals surface area contributed by atoms with Crippen molar-refractivity contribution in [3.8, 4) is 0 Å². The highest BCUT2D eigenvalue weighted by Gasteiger charge is 2.18. The Balaban J connectivity index is 1.87. The van der Waals surface area contributed by atoms with E-state index in [4.69, 9.17) is 4.98 Å². The van der Waals surface area contributed by atoms with Gasteiger partial charge in [0.05, 0.1) is 17.6 Å². The Kier molecular flexibility index (Phi) is 4.03. The topological polar surface area (TPSA) is 33.1 Å². The second kappa shape index (κ2) is 5.94. The van der Waals surface area contributed by atoms with Crippen LogP contribution in [0, 0.1) is 0 Å². The second-order valence-corrected chi connectivity index (χ2v) is 5.76. The molecule has 1 N–H and O–H groups in total. The van der Waals surface area contributed by atoms with Crippen LogP contribution in [0.4, 0.5) is 0 Å². The van der Waals surface area contributed by atoms with Crippen LogP contribution in [0.2, 0.25) is 0 Å². The third kappa shape index (κ3) is 2.72. The molecule has 0 unspecified atom stereocenters. The molecule has 1 atom stereocenters. The number of nitrogens with zero attached hydrogens (tertiary/aromatic N) is 3. The van der Waals surface area contributed by atoms with Crippen LogP contribution >= 0.6 is 0 Å². The van der Waals surface area contributed by atoms with E-state index in [9.17, 15) is 0 Å². The van der Waals surface area contributed by atoms with E-state index < -0.39 is 0 Å². The van der Waals surface area contributed by atoms with Crippen molar-refractivity contribution >= 4 is 11.0 Å². The van der Waals surface area contributed by atoms with Crippen LogP contribution in [0.15, 0.2) is 24.3 Å². The summed E-state index contributed by atoms with van der Waals surface area (Å²) in [7, 11) is 0. The number of para-hydroxylation sites is 2. The molecule has 0 aliphatic carbocycles. The van der Waals surface area contributed by atoms with E-state index in [0.717, 1.165) is 44.7 Å². The number of hydrogen-bond donors (Lipinski definition) is 1. The van der Waals surface area contributed by atoms with Gasteiger partial charge in [-0.2, -0.15) is 0 Å². The Hall–Kier alpha value is -1.39. The molecule has 0 amide bonds. The predicted molar refractivity (Wildman–Crippen MR) is 82.8 cm³/mol. The molecule has 20 heavy (non-hydrogen) atoms. The quantitative estimate of drug-likeness (QED) is 0.926. The molecule has 1 aliphatic heterocycles. The minimum absolute atomic E-state index is 0.577. The van der Waals surface area contributed by atoms with Gasteiger partial charge in [0.2, 0.25) is 0 Å². The molecule has 0 spiro atoms. The molecule has 1 saturated heterocycles. The number of nitrogens with one attached hydrogen (secondary N) is 1. The fourth-order valence-electron chi connectivity index (χ4n) is 3.08. The number of rotatable bonds is 4. The summed E-state index contributed by atoms with van der Waals surface area (Å²) in [5.74, 6) is 1.21. The summed E-state index contributed by atoms with van der Waals surface area (Å²) in [5, 5.41) is 3.50. The van der Waals surface area contributed by atoms with Crippen LogP contribution in [-0.2, 0) is 13.1 Å². The largest absolute Gasteiger partial charge is 0.327 e. The number of imidazole rings is 1. The lowest BCUT2D eigenvalue weighted by Crippen LogP contribution is -2.48. The Morgan fingerprint density at radius 1 is 1.35 bits per heavy atom. The van der Waals surface area contributed by atoms with Crippen LogP contribution in [-0.4, -0.2) is 40.1 Å². The van der Waals surface area contributed by atoms with Crippen molar-refractivity contribution in [3.05, 3.63) is 30.1 Å². The van der Waals surface area contributed by atoms with Gasteiger partial charge in [0, 0.05) is 32.2 Å². The highest BCUT2D eigenvalue weighted by Crippen LogP contribution is 2.18. The van der Waals surface area contributed by atoms with Crippen molar-refractivity contribution in [3.63, 3.8) is 0 Å². The fraction of sp³-hybridized carbons (Fsp3) is 0.562. The van der Waals surface area contributed by atoms with Gasteiger partial charge in [0.1, 0.15) is 5.82 Å². The van der Waals surface area contributed by atoms with Gasteiger partial charge in [-0.05, 0) is 25.5 Å². The lowest BCUT2D eigenvalue weighted by molar-refractivity contribution is 0.193. The van der Waals surface area contributed by atoms with E-state index in [1.165, 1.54) is 11.3 Å². The van der Waals surface area contributed by atoms with E-state index in [0.29, 0.717) is 6.04 Å². The zero-order chi connectivity index (χ0) is 13.9. The molecule has 1 aliphatic rings. The number of piperazine rings is 1. The Morgan fingerprint density at radius 2 is 2.20 bits per heavy atom. The Morgan fingerprint density at radius 3 is 3.00 bits per heavy atom. The second-order valence-electron chi connectivity index (χ2n) is 5.76. The number of benzene rings is 1. The molecule has 1 aromatic carbocycles. The van der Waals surface area contributed by atoms with Crippen molar-refractivity contribution in [2.45, 2.75) is 39.4 Å². The molecule has 0 radical (unpaired) electrons. The molecule has 4 nitrogen and oxygen atoms in total. The summed E-state index contributed by atoms with van der Waals surface area (Å²) < 4.78 is 2.39. The lowest BCUT2D eigenvalue weighted by Gasteiger charge is -2.31. The minimum Gasteiger partial charge on any atom is -0.327 e. The summed E-state index contributed by atoms with van der Waals surface area (Å²) in [4.78, 5) is 7.36. The van der Waals surface area contributed by atoms with Crippen LogP contribution in [0.3, 0.4) is 0 Å². The van der Waals surface area contributed by atoms with Crippen LogP contribution in [0.25, 0.3) is 11.0 Å². The summed E-state index contributed by atoms with van der Waals surface area (Å²) in [6, 6.07) is 9.05. The molecule has 1 fully saturated rings. The third-order valence-corrected chi connectivity index (χ3v) is 4.00. The summed E-state index contributed by atoms with van der Waals surface area (Å²) in [6.07, 6.45) is 1.14. The number of fused-ring (bicyclic) bond motifs is 1. The van der Waals surface area contributed by atoms with Crippen molar-refractivity contribution in [2.75, 3.05) is 19.6 Å². The standard InChI is InChI=1S/C16H24N4/c1-3-9-20-15-7-5-4-6-14(15)18-16(20)12-19-10-8-17-13(2)11-19/h4-7,13,17H,3,8-12H2,1-2H3/t13-/m1/s1. The monoisotopic (exact) mass is 272 g/mol. The van der Waals surface area contributed by atoms with Gasteiger partial charge in [0.15, 0.2) is 0 Å². The molecular weight excluding hydrogens is 248 g/mol. The maximum absolute atomic E-state index is 4.85. The van der Waals surface area contributed by atoms with Gasteiger partial charge in [0.25, 0.3) is 0 Å². The maximum Gasteiger partial charge on any atom is 0.124 e. The molecule has 4 heteroatoms. The summed E-state index contributed by atoms with van der Waals surface area (Å²) in [5.41, 5.74) is 2.40. The minimum atomic E-state index is 0.577. The van der Waals surface area contributed by atoms with E-state index >= 15 is 0 Å². The molecule has 108 valence electrons. The number of aromatic nitrogens is 2. The van der Waals surface area contributed by atoms with Crippen LogP contribution < -0.4 is 5.32 Å². The zero-order valence-corrected chi connectivity index (χ0v) is 12.5. The lowest BCUT2D eigenvalue weighted by atomic mass is 10.2. The first-order chi connectivity index (χ1) is 9.78. The van der Waals surface area contributed by atoms with Gasteiger partial charge in [-0.3, -0.25) is 4.90 Å². The number of aryl methyl sites for hydroxylation is 1. The molecule has 0 bridgehead atoms. The third-order valence-electron chi connectivity index (χ3n) is 4.00. The maximum atomic E-state index is 4.85. The first kappa shape index (κ1) is 13.6. The molecular formula is C16H24N4. The molecule has 2 heterocycles. The molecule has 2 aromatic rings. The van der Waals surface area contributed by atoms with Crippen molar-refractivity contribution in [1.29, 1.82) is 0 Å². The van der Waals surface area contributed by atoms with Gasteiger partial charge in [-0.1, -0.05) is 19.1 Å². The molecule has 3 rings (SSSR count). The highest BCUT2D eigenvalue weighted by molar-refractivity contribution is 5.75. The Bertz CT molecular complexity index is 575. The van der Waals surface area contributed by atoms with Crippen LogP contribution in [0.5, 0.6) is 0 Å².